The van der Waals surface area contributed by atoms with E-state index in [0.29, 0.717) is 70.8 Å². The lowest BCUT2D eigenvalue weighted by atomic mass is 9.85. The van der Waals surface area contributed by atoms with Crippen molar-refractivity contribution in [1.82, 2.24) is 0 Å². The molecule has 5 atom stereocenters. The maximum atomic E-state index is 11.8. The lowest BCUT2D eigenvalue weighted by Gasteiger charge is -2.23. The Morgan fingerprint density at radius 1 is 1.03 bits per heavy atom. The molecule has 1 aromatic carbocycles. The number of nitrogens with zero attached hydrogens (tertiary/aromatic N) is 1. The van der Waals surface area contributed by atoms with Crippen molar-refractivity contribution in [3.8, 4) is 0 Å². The average Bonchev–Trinajstić information content (AvgIpc) is 3.15. The summed E-state index contributed by atoms with van der Waals surface area (Å²) in [6, 6.07) is 10.1. The predicted molar refractivity (Wildman–Crippen MR) is 139 cm³/mol. The number of aliphatic hydroxyl groups is 3. The monoisotopic (exact) mass is 521 g/mol. The Bertz CT molecular complexity index is 803. The van der Waals surface area contributed by atoms with Crippen molar-refractivity contribution >= 4 is 5.97 Å². The lowest BCUT2D eigenvalue weighted by molar-refractivity contribution is -0.757. The van der Waals surface area contributed by atoms with Gasteiger partial charge in [0.25, 0.3) is 5.09 Å². The molecule has 1 saturated carbocycles. The number of ether oxygens (including phenoxy) is 1. The molecule has 0 aromatic heterocycles. The molecule has 0 saturated heterocycles. The Labute approximate surface area is 219 Å². The Hall–Kier alpha value is -2.49. The van der Waals surface area contributed by atoms with Gasteiger partial charge in [-0.1, -0.05) is 42.5 Å². The standard InChI is InChI=1S/C28H43NO8/c30-23(16-15-22-11-5-3-6-12-22)17-18-25-24(26(31)21-27(25)32)13-7-1-2-8-14-28(33)36-19-9-4-10-20-37-29(34)35/h1,3,5-7,11-12,23-27,30-32H,2,4,8-10,13-21H2/t23-,24+,25+,26-,27+/m0/s1. The summed E-state index contributed by atoms with van der Waals surface area (Å²) < 4.78 is 5.17. The van der Waals surface area contributed by atoms with E-state index < -0.39 is 23.4 Å². The van der Waals surface area contributed by atoms with Crippen LogP contribution in [0, 0.1) is 22.0 Å². The molecule has 0 aliphatic heterocycles. The fraction of sp³-hybridized carbons (Fsp3) is 0.679. The molecule has 37 heavy (non-hydrogen) atoms. The Kier molecular flexibility index (Phi) is 14.8. The molecule has 1 aliphatic carbocycles. The van der Waals surface area contributed by atoms with E-state index in [0.717, 1.165) is 12.8 Å². The van der Waals surface area contributed by atoms with Crippen LogP contribution in [0.2, 0.25) is 0 Å². The minimum atomic E-state index is -0.813. The van der Waals surface area contributed by atoms with Crippen molar-refractivity contribution in [3.63, 3.8) is 0 Å². The van der Waals surface area contributed by atoms with E-state index in [9.17, 15) is 30.2 Å². The number of unbranched alkanes of at least 4 members (excludes halogenated alkanes) is 3. The normalized spacial score (nSPS) is 22.2. The first kappa shape index (κ1) is 30.7. The van der Waals surface area contributed by atoms with Crippen LogP contribution in [0.3, 0.4) is 0 Å². The van der Waals surface area contributed by atoms with Crippen molar-refractivity contribution in [3.05, 3.63) is 58.2 Å². The number of hydrogen-bond donors (Lipinski definition) is 3. The minimum absolute atomic E-state index is 0.0340. The molecule has 208 valence electrons. The van der Waals surface area contributed by atoms with E-state index in [-0.39, 0.29) is 24.4 Å². The summed E-state index contributed by atoms with van der Waals surface area (Å²) in [6.45, 7) is 0.360. The van der Waals surface area contributed by atoms with Crippen LogP contribution < -0.4 is 0 Å². The first-order valence-corrected chi connectivity index (χ1v) is 13.5. The quantitative estimate of drug-likeness (QED) is 0.0811. The van der Waals surface area contributed by atoms with E-state index in [1.165, 1.54) is 5.56 Å². The number of aliphatic hydroxyl groups excluding tert-OH is 3. The first-order valence-electron chi connectivity index (χ1n) is 13.5. The van der Waals surface area contributed by atoms with Crippen molar-refractivity contribution in [2.75, 3.05) is 13.2 Å². The van der Waals surface area contributed by atoms with E-state index in [1.54, 1.807) is 0 Å². The summed E-state index contributed by atoms with van der Waals surface area (Å²) in [5.41, 5.74) is 1.20. The van der Waals surface area contributed by atoms with Gasteiger partial charge in [-0.05, 0) is 88.0 Å². The summed E-state index contributed by atoms with van der Waals surface area (Å²) in [6.07, 6.45) is 9.92. The number of hydrogen-bond acceptors (Lipinski definition) is 8. The molecule has 0 amide bonds. The Morgan fingerprint density at radius 3 is 2.51 bits per heavy atom. The maximum absolute atomic E-state index is 11.8. The number of carbonyl (C=O) groups is 1. The zero-order valence-electron chi connectivity index (χ0n) is 21.7. The fourth-order valence-electron chi connectivity index (χ4n) is 4.93. The minimum Gasteiger partial charge on any atom is -0.466 e. The predicted octanol–water partition coefficient (Wildman–Crippen LogP) is 4.16. The summed E-state index contributed by atoms with van der Waals surface area (Å²) >= 11 is 0. The number of carbonyl (C=O) groups excluding carboxylic acids is 1. The van der Waals surface area contributed by atoms with Gasteiger partial charge in [-0.15, -0.1) is 10.1 Å². The Balaban J connectivity index is 1.57. The highest BCUT2D eigenvalue weighted by Gasteiger charge is 2.40. The SMILES string of the molecule is O=C(CCCC=CC[C@@H]1[C@@H](CC[C@@H](O)CCc2ccccc2)[C@H](O)C[C@@H]1O)OCCCCCO[N+](=O)[O-]. The molecule has 3 N–H and O–H groups in total. The summed E-state index contributed by atoms with van der Waals surface area (Å²) in [7, 11) is 0. The molecule has 1 fully saturated rings. The molecule has 1 aliphatic rings. The molecule has 1 aromatic rings. The van der Waals surface area contributed by atoms with Gasteiger partial charge in [-0.2, -0.15) is 0 Å². The van der Waals surface area contributed by atoms with Crippen LogP contribution in [0.4, 0.5) is 0 Å². The van der Waals surface area contributed by atoms with Gasteiger partial charge in [0.1, 0.15) is 0 Å². The van der Waals surface area contributed by atoms with Gasteiger partial charge in [0, 0.05) is 6.42 Å². The highest BCUT2D eigenvalue weighted by atomic mass is 16.9. The van der Waals surface area contributed by atoms with Crippen LogP contribution in [-0.2, 0) is 20.8 Å². The highest BCUT2D eigenvalue weighted by Crippen LogP contribution is 2.38. The third-order valence-corrected chi connectivity index (χ3v) is 7.04. The van der Waals surface area contributed by atoms with Crippen LogP contribution in [0.1, 0.15) is 76.2 Å². The zero-order chi connectivity index (χ0) is 26.9. The first-order chi connectivity index (χ1) is 17.9. The molecule has 0 bridgehead atoms. The Morgan fingerprint density at radius 2 is 1.76 bits per heavy atom. The second kappa shape index (κ2) is 17.9. The van der Waals surface area contributed by atoms with Gasteiger partial charge >= 0.3 is 5.97 Å². The molecule has 0 heterocycles. The molecular weight excluding hydrogens is 478 g/mol. The van der Waals surface area contributed by atoms with Crippen LogP contribution in [0.25, 0.3) is 0 Å². The largest absolute Gasteiger partial charge is 0.466 e. The van der Waals surface area contributed by atoms with Gasteiger partial charge in [0.15, 0.2) is 0 Å². The van der Waals surface area contributed by atoms with Gasteiger partial charge in [-0.3, -0.25) is 4.79 Å². The van der Waals surface area contributed by atoms with E-state index >= 15 is 0 Å². The summed E-state index contributed by atoms with van der Waals surface area (Å²) in [4.78, 5) is 26.1. The van der Waals surface area contributed by atoms with Crippen molar-refractivity contribution in [1.29, 1.82) is 0 Å². The second-order valence-corrected chi connectivity index (χ2v) is 9.89. The lowest BCUT2D eigenvalue weighted by Crippen LogP contribution is -2.23. The second-order valence-electron chi connectivity index (χ2n) is 9.89. The van der Waals surface area contributed by atoms with Crippen LogP contribution in [0.15, 0.2) is 42.5 Å². The maximum Gasteiger partial charge on any atom is 0.305 e. The van der Waals surface area contributed by atoms with Crippen molar-refractivity contribution in [2.45, 2.75) is 95.4 Å². The van der Waals surface area contributed by atoms with Crippen LogP contribution >= 0.6 is 0 Å². The van der Waals surface area contributed by atoms with Gasteiger partial charge in [0.05, 0.1) is 31.5 Å². The number of benzene rings is 1. The smallest absolute Gasteiger partial charge is 0.305 e. The van der Waals surface area contributed by atoms with Crippen LogP contribution in [-0.4, -0.2) is 57.9 Å². The van der Waals surface area contributed by atoms with E-state index in [2.05, 4.69) is 17.0 Å². The van der Waals surface area contributed by atoms with E-state index in [1.807, 2.05) is 30.4 Å². The molecule has 0 spiro atoms. The molecule has 9 nitrogen and oxygen atoms in total. The number of aryl methyl sites for hydroxylation is 1. The number of esters is 1. The number of rotatable bonds is 19. The molecule has 9 heteroatoms. The third-order valence-electron chi connectivity index (χ3n) is 7.04. The highest BCUT2D eigenvalue weighted by molar-refractivity contribution is 5.69. The fourth-order valence-corrected chi connectivity index (χ4v) is 4.93. The molecule has 0 radical (unpaired) electrons. The van der Waals surface area contributed by atoms with Gasteiger partial charge in [-0.25, -0.2) is 0 Å². The third kappa shape index (κ3) is 13.0. The van der Waals surface area contributed by atoms with Crippen LogP contribution in [0.5, 0.6) is 0 Å². The van der Waals surface area contributed by atoms with Gasteiger partial charge < -0.3 is 24.9 Å². The van der Waals surface area contributed by atoms with Gasteiger partial charge in [0.2, 0.25) is 0 Å². The zero-order valence-corrected chi connectivity index (χ0v) is 21.7. The molecule has 2 rings (SSSR count). The number of allylic oxidation sites excluding steroid dienone is 2. The van der Waals surface area contributed by atoms with Crippen molar-refractivity contribution in [2.24, 2.45) is 11.8 Å². The molecular formula is C28H43NO8. The van der Waals surface area contributed by atoms with Crippen molar-refractivity contribution < 1.29 is 34.8 Å². The van der Waals surface area contributed by atoms with E-state index in [4.69, 9.17) is 4.74 Å². The summed E-state index contributed by atoms with van der Waals surface area (Å²) in [5.74, 6) is -0.324. The molecule has 0 unspecified atom stereocenters. The summed E-state index contributed by atoms with van der Waals surface area (Å²) in [5, 5.41) is 40.5. The topological polar surface area (TPSA) is 139 Å². The average molecular weight is 522 g/mol.